The molecule has 0 unspecified atom stereocenters. The maximum atomic E-state index is 12.3. The number of halogens is 2. The smallest absolute Gasteiger partial charge is 0.228 e. The summed E-state index contributed by atoms with van der Waals surface area (Å²) in [7, 11) is 0. The third-order valence-electron chi connectivity index (χ3n) is 3.89. The molecule has 130 valence electrons. The molecule has 0 fully saturated rings. The van der Waals surface area contributed by atoms with Gasteiger partial charge in [0.15, 0.2) is 11.6 Å². The van der Waals surface area contributed by atoms with Gasteiger partial charge in [0, 0.05) is 15.7 Å². The fourth-order valence-electron chi connectivity index (χ4n) is 2.66. The lowest BCUT2D eigenvalue weighted by Crippen LogP contribution is -2.14. The number of hydrogen-bond acceptors (Lipinski definition) is 3. The highest BCUT2D eigenvalue weighted by molar-refractivity contribution is 6.35. The van der Waals surface area contributed by atoms with Crippen molar-refractivity contribution in [2.24, 2.45) is 0 Å². The first-order chi connectivity index (χ1) is 12.6. The maximum Gasteiger partial charge on any atom is 0.228 e. The number of carbonyl (C=O) groups excluding carboxylic acids is 1. The molecule has 0 bridgehead atoms. The number of amides is 1. The summed E-state index contributed by atoms with van der Waals surface area (Å²) in [5, 5.41) is 3.88. The van der Waals surface area contributed by atoms with Crippen molar-refractivity contribution < 1.29 is 9.21 Å². The minimum absolute atomic E-state index is 0.161. The van der Waals surface area contributed by atoms with Crippen LogP contribution in [0.4, 0.5) is 5.69 Å². The normalized spacial score (nSPS) is 11.0. The molecule has 26 heavy (non-hydrogen) atoms. The van der Waals surface area contributed by atoms with Crippen molar-refractivity contribution in [1.29, 1.82) is 0 Å². The van der Waals surface area contributed by atoms with E-state index in [-0.39, 0.29) is 12.3 Å². The van der Waals surface area contributed by atoms with Crippen LogP contribution in [0.3, 0.4) is 0 Å². The average molecular weight is 386 g/mol. The summed E-state index contributed by atoms with van der Waals surface area (Å²) in [6.07, 6.45) is 1.75. The quantitative estimate of drug-likeness (QED) is 0.499. The van der Waals surface area contributed by atoms with E-state index < -0.39 is 0 Å². The number of aromatic amines is 1. The van der Waals surface area contributed by atoms with Gasteiger partial charge in [-0.25, -0.2) is 4.98 Å². The van der Waals surface area contributed by atoms with Gasteiger partial charge in [-0.05, 0) is 48.0 Å². The number of benzene rings is 2. The van der Waals surface area contributed by atoms with Crippen molar-refractivity contribution in [2.45, 2.75) is 6.42 Å². The Balaban J connectivity index is 1.52. The third-order valence-corrected chi connectivity index (χ3v) is 4.47. The summed E-state index contributed by atoms with van der Waals surface area (Å²) >= 11 is 12.0. The van der Waals surface area contributed by atoms with E-state index >= 15 is 0 Å². The number of hydrogen-bond donors (Lipinski definition) is 2. The topological polar surface area (TPSA) is 70.9 Å². The third kappa shape index (κ3) is 3.45. The van der Waals surface area contributed by atoms with E-state index in [1.807, 2.05) is 18.2 Å². The number of nitrogens with zero attached hydrogens (tertiary/aromatic N) is 1. The summed E-state index contributed by atoms with van der Waals surface area (Å²) in [5.41, 5.74) is 2.98. The van der Waals surface area contributed by atoms with Crippen LogP contribution in [0.2, 0.25) is 10.0 Å². The number of nitrogens with one attached hydrogen (secondary N) is 2. The Bertz CT molecular complexity index is 1090. The molecule has 1 amide bonds. The standard InChI is InChI=1S/C19H13Cl2N3O2/c20-12-4-3-11(14(21)9-12)8-18(25)22-13-5-6-15-16(10-13)24-19(23-15)17-2-1-7-26-17/h1-7,9-10H,8H2,(H,22,25)(H,23,24). The van der Waals surface area contributed by atoms with E-state index in [9.17, 15) is 4.79 Å². The van der Waals surface area contributed by atoms with E-state index in [2.05, 4.69) is 15.3 Å². The van der Waals surface area contributed by atoms with Gasteiger partial charge in [0.05, 0.1) is 23.7 Å². The summed E-state index contributed by atoms with van der Waals surface area (Å²) in [5.74, 6) is 1.13. The molecule has 7 heteroatoms. The number of aromatic nitrogens is 2. The molecule has 0 aliphatic carbocycles. The van der Waals surface area contributed by atoms with Gasteiger partial charge >= 0.3 is 0 Å². The first kappa shape index (κ1) is 16.7. The molecule has 2 aromatic carbocycles. The Hall–Kier alpha value is -2.76. The molecule has 5 nitrogen and oxygen atoms in total. The molecule has 0 atom stereocenters. The van der Waals surface area contributed by atoms with E-state index in [1.165, 1.54) is 0 Å². The molecular weight excluding hydrogens is 373 g/mol. The molecule has 0 spiro atoms. The highest BCUT2D eigenvalue weighted by Gasteiger charge is 2.11. The van der Waals surface area contributed by atoms with Crippen LogP contribution in [0.15, 0.2) is 59.2 Å². The second-order valence-corrected chi connectivity index (χ2v) is 6.60. The highest BCUT2D eigenvalue weighted by Crippen LogP contribution is 2.24. The van der Waals surface area contributed by atoms with Gasteiger partial charge in [-0.3, -0.25) is 4.79 Å². The Morgan fingerprint density at radius 3 is 2.81 bits per heavy atom. The number of fused-ring (bicyclic) bond motifs is 1. The summed E-state index contributed by atoms with van der Waals surface area (Å²) in [4.78, 5) is 20.0. The van der Waals surface area contributed by atoms with Gasteiger partial charge in [0.2, 0.25) is 5.91 Å². The fraction of sp³-hybridized carbons (Fsp3) is 0.0526. The van der Waals surface area contributed by atoms with Crippen LogP contribution >= 0.6 is 23.2 Å². The second-order valence-electron chi connectivity index (χ2n) is 5.76. The van der Waals surface area contributed by atoms with Gasteiger partial charge < -0.3 is 14.7 Å². The lowest BCUT2D eigenvalue weighted by atomic mass is 10.1. The van der Waals surface area contributed by atoms with Gasteiger partial charge in [0.1, 0.15) is 0 Å². The van der Waals surface area contributed by atoms with Crippen molar-refractivity contribution >= 4 is 45.8 Å². The minimum atomic E-state index is -0.167. The average Bonchev–Trinajstić information content (AvgIpc) is 3.26. The number of furan rings is 1. The summed E-state index contributed by atoms with van der Waals surface area (Å²) in [6, 6.07) is 14.2. The molecule has 0 radical (unpaired) electrons. The zero-order chi connectivity index (χ0) is 18.1. The molecule has 0 saturated carbocycles. The van der Waals surface area contributed by atoms with Crippen LogP contribution < -0.4 is 5.32 Å². The van der Waals surface area contributed by atoms with E-state index in [4.69, 9.17) is 27.6 Å². The molecular formula is C19H13Cl2N3O2. The summed E-state index contributed by atoms with van der Waals surface area (Å²) < 4.78 is 5.34. The van der Waals surface area contributed by atoms with Crippen LogP contribution in [-0.4, -0.2) is 15.9 Å². The van der Waals surface area contributed by atoms with Gasteiger partial charge in [-0.15, -0.1) is 0 Å². The molecule has 2 aromatic heterocycles. The molecule has 2 heterocycles. The Morgan fingerprint density at radius 2 is 2.04 bits per heavy atom. The summed E-state index contributed by atoms with van der Waals surface area (Å²) in [6.45, 7) is 0. The van der Waals surface area contributed by atoms with E-state index in [0.29, 0.717) is 27.3 Å². The highest BCUT2D eigenvalue weighted by atomic mass is 35.5. The van der Waals surface area contributed by atoms with Gasteiger partial charge in [-0.1, -0.05) is 29.3 Å². The van der Waals surface area contributed by atoms with Crippen LogP contribution in [-0.2, 0) is 11.2 Å². The van der Waals surface area contributed by atoms with E-state index in [0.717, 1.165) is 16.6 Å². The van der Waals surface area contributed by atoms with Crippen molar-refractivity contribution in [3.05, 3.63) is 70.4 Å². The van der Waals surface area contributed by atoms with E-state index in [1.54, 1.807) is 36.6 Å². The van der Waals surface area contributed by atoms with Gasteiger partial charge in [-0.2, -0.15) is 0 Å². The van der Waals surface area contributed by atoms with Gasteiger partial charge in [0.25, 0.3) is 0 Å². The predicted octanol–water partition coefficient (Wildman–Crippen LogP) is 5.31. The molecule has 0 saturated heterocycles. The lowest BCUT2D eigenvalue weighted by molar-refractivity contribution is -0.115. The molecule has 0 aliphatic heterocycles. The second kappa shape index (κ2) is 6.86. The molecule has 0 aliphatic rings. The zero-order valence-electron chi connectivity index (χ0n) is 13.4. The lowest BCUT2D eigenvalue weighted by Gasteiger charge is -2.07. The van der Waals surface area contributed by atoms with Crippen LogP contribution in [0.5, 0.6) is 0 Å². The zero-order valence-corrected chi connectivity index (χ0v) is 14.9. The fourth-order valence-corrected chi connectivity index (χ4v) is 3.14. The SMILES string of the molecule is O=C(Cc1ccc(Cl)cc1Cl)Nc1ccc2nc(-c3ccco3)[nH]c2c1. The van der Waals surface area contributed by atoms with Crippen molar-refractivity contribution in [2.75, 3.05) is 5.32 Å². The van der Waals surface area contributed by atoms with Crippen molar-refractivity contribution in [3.63, 3.8) is 0 Å². The largest absolute Gasteiger partial charge is 0.461 e. The molecule has 4 rings (SSSR count). The number of rotatable bonds is 4. The first-order valence-electron chi connectivity index (χ1n) is 7.86. The van der Waals surface area contributed by atoms with Crippen LogP contribution in [0.1, 0.15) is 5.56 Å². The molecule has 2 N–H and O–H groups in total. The Kier molecular flexibility index (Phi) is 4.41. The monoisotopic (exact) mass is 385 g/mol. The van der Waals surface area contributed by atoms with Crippen molar-refractivity contribution in [3.8, 4) is 11.6 Å². The Labute approximate surface area is 158 Å². The number of carbonyl (C=O) groups is 1. The van der Waals surface area contributed by atoms with Crippen LogP contribution in [0, 0.1) is 0 Å². The number of imidazole rings is 1. The maximum absolute atomic E-state index is 12.3. The van der Waals surface area contributed by atoms with Crippen LogP contribution in [0.25, 0.3) is 22.6 Å². The Morgan fingerprint density at radius 1 is 1.15 bits per heavy atom. The first-order valence-corrected chi connectivity index (χ1v) is 8.61. The predicted molar refractivity (Wildman–Crippen MR) is 103 cm³/mol. The number of anilines is 1. The number of H-pyrrole nitrogens is 1. The minimum Gasteiger partial charge on any atom is -0.461 e. The van der Waals surface area contributed by atoms with Crippen molar-refractivity contribution in [1.82, 2.24) is 9.97 Å². The molecule has 4 aromatic rings.